The van der Waals surface area contributed by atoms with Gasteiger partial charge in [0.2, 0.25) is 0 Å². The lowest BCUT2D eigenvalue weighted by molar-refractivity contribution is 0.0158. The maximum atomic E-state index is 12.5. The fourth-order valence-electron chi connectivity index (χ4n) is 2.74. The van der Waals surface area contributed by atoms with E-state index in [4.69, 9.17) is 5.73 Å². The fraction of sp³-hybridized carbons (Fsp3) is 0.562. The highest BCUT2D eigenvalue weighted by atomic mass is 32.1. The third kappa shape index (κ3) is 3.85. The van der Waals surface area contributed by atoms with Crippen molar-refractivity contribution in [1.82, 2.24) is 4.90 Å². The van der Waals surface area contributed by atoms with Crippen LogP contribution in [0.15, 0.2) is 6.07 Å². The largest absolute Gasteiger partial charge is 0.388 e. The highest BCUT2D eigenvalue weighted by Crippen LogP contribution is 2.30. The molecule has 0 unspecified atom stereocenters. The van der Waals surface area contributed by atoms with Gasteiger partial charge in [-0.1, -0.05) is 24.7 Å². The average Bonchev–Trinajstić information content (AvgIpc) is 3.02. The summed E-state index contributed by atoms with van der Waals surface area (Å²) in [6, 6.07) is 1.86. The summed E-state index contributed by atoms with van der Waals surface area (Å²) in [6.07, 6.45) is 3.63. The molecule has 1 aliphatic rings. The molecule has 1 heterocycles. The molecule has 1 aromatic heterocycles. The molecule has 1 fully saturated rings. The highest BCUT2D eigenvalue weighted by Gasteiger charge is 2.33. The number of aliphatic hydroxyl groups is 1. The normalized spacial score (nSPS) is 16.4. The van der Waals surface area contributed by atoms with Gasteiger partial charge < -0.3 is 15.7 Å². The van der Waals surface area contributed by atoms with Crippen LogP contribution in [0.3, 0.4) is 0 Å². The molecule has 1 aliphatic carbocycles. The van der Waals surface area contributed by atoms with Crippen molar-refractivity contribution >= 4 is 17.2 Å². The van der Waals surface area contributed by atoms with E-state index >= 15 is 0 Å². The quantitative estimate of drug-likeness (QED) is 0.836. The van der Waals surface area contributed by atoms with Crippen LogP contribution >= 0.6 is 11.3 Å². The second-order valence-corrected chi connectivity index (χ2v) is 6.77. The van der Waals surface area contributed by atoms with E-state index in [1.165, 1.54) is 11.3 Å². The van der Waals surface area contributed by atoms with Crippen LogP contribution in [0.5, 0.6) is 0 Å². The van der Waals surface area contributed by atoms with E-state index in [-0.39, 0.29) is 5.91 Å². The molecule has 0 saturated heterocycles. The summed E-state index contributed by atoms with van der Waals surface area (Å²) in [6.45, 7) is 2.65. The maximum Gasteiger partial charge on any atom is 0.263 e. The number of rotatable bonds is 3. The summed E-state index contributed by atoms with van der Waals surface area (Å²) >= 11 is 1.39. The van der Waals surface area contributed by atoms with E-state index in [1.54, 1.807) is 11.9 Å². The minimum absolute atomic E-state index is 0.0516. The zero-order valence-electron chi connectivity index (χ0n) is 12.6. The Morgan fingerprint density at radius 3 is 2.81 bits per heavy atom. The second kappa shape index (κ2) is 6.61. The van der Waals surface area contributed by atoms with Crippen LogP contribution < -0.4 is 5.73 Å². The van der Waals surface area contributed by atoms with Gasteiger partial charge in [0.15, 0.2) is 0 Å². The zero-order chi connectivity index (χ0) is 15.5. The van der Waals surface area contributed by atoms with Crippen molar-refractivity contribution in [2.75, 3.05) is 20.1 Å². The van der Waals surface area contributed by atoms with Gasteiger partial charge in [-0.3, -0.25) is 4.79 Å². The number of thiophene rings is 1. The summed E-state index contributed by atoms with van der Waals surface area (Å²) in [4.78, 5) is 15.6. The van der Waals surface area contributed by atoms with E-state index in [9.17, 15) is 9.90 Å². The van der Waals surface area contributed by atoms with Gasteiger partial charge in [-0.25, -0.2) is 0 Å². The van der Waals surface area contributed by atoms with E-state index in [1.807, 2.05) is 13.0 Å². The molecule has 0 radical (unpaired) electrons. The van der Waals surface area contributed by atoms with Crippen molar-refractivity contribution in [2.45, 2.75) is 38.2 Å². The van der Waals surface area contributed by atoms with Crippen LogP contribution in [0.4, 0.5) is 0 Å². The van der Waals surface area contributed by atoms with Crippen LogP contribution in [-0.2, 0) is 0 Å². The van der Waals surface area contributed by atoms with Gasteiger partial charge in [0.25, 0.3) is 5.91 Å². The summed E-state index contributed by atoms with van der Waals surface area (Å²) < 4.78 is 0. The molecule has 0 bridgehead atoms. The van der Waals surface area contributed by atoms with Gasteiger partial charge in [0.1, 0.15) is 0 Å². The molecule has 3 N–H and O–H groups in total. The third-order valence-electron chi connectivity index (χ3n) is 3.84. The lowest BCUT2D eigenvalue weighted by Crippen LogP contribution is -2.41. The number of carbonyl (C=O) groups excluding carboxylic acids is 1. The summed E-state index contributed by atoms with van der Waals surface area (Å²) in [5, 5.41) is 10.4. The Kier molecular flexibility index (Phi) is 5.04. The number of aryl methyl sites for hydroxylation is 1. The number of nitrogens with zero attached hydrogens (tertiary/aromatic N) is 1. The van der Waals surface area contributed by atoms with Crippen LogP contribution in [-0.4, -0.2) is 41.7 Å². The molecule has 21 heavy (non-hydrogen) atoms. The van der Waals surface area contributed by atoms with E-state index in [0.717, 1.165) is 36.1 Å². The van der Waals surface area contributed by atoms with Crippen molar-refractivity contribution < 1.29 is 9.90 Å². The van der Waals surface area contributed by atoms with Crippen molar-refractivity contribution in [3.63, 3.8) is 0 Å². The number of amides is 1. The molecule has 1 saturated carbocycles. The van der Waals surface area contributed by atoms with Gasteiger partial charge in [-0.05, 0) is 31.4 Å². The average molecular weight is 306 g/mol. The number of carbonyl (C=O) groups is 1. The molecule has 1 aromatic rings. The van der Waals surface area contributed by atoms with Gasteiger partial charge in [0.05, 0.1) is 21.9 Å². The van der Waals surface area contributed by atoms with Crippen molar-refractivity contribution in [1.29, 1.82) is 0 Å². The van der Waals surface area contributed by atoms with Crippen LogP contribution in [0.1, 0.15) is 45.8 Å². The molecule has 0 aliphatic heterocycles. The molecular formula is C16H22N2O2S. The SMILES string of the molecule is Cc1cc(C(=O)N(C)CC2(O)CCCC2)sc1C#CCN. The lowest BCUT2D eigenvalue weighted by atomic mass is 10.0. The van der Waals surface area contributed by atoms with E-state index in [0.29, 0.717) is 18.0 Å². The molecule has 114 valence electrons. The molecule has 0 spiro atoms. The van der Waals surface area contributed by atoms with E-state index in [2.05, 4.69) is 11.8 Å². The zero-order valence-corrected chi connectivity index (χ0v) is 13.4. The minimum Gasteiger partial charge on any atom is -0.388 e. The molecule has 0 atom stereocenters. The minimum atomic E-state index is -0.709. The Labute approximate surface area is 129 Å². The van der Waals surface area contributed by atoms with Crippen LogP contribution in [0.25, 0.3) is 0 Å². The van der Waals surface area contributed by atoms with Gasteiger partial charge in [-0.2, -0.15) is 0 Å². The Morgan fingerprint density at radius 2 is 2.19 bits per heavy atom. The molecule has 2 rings (SSSR count). The standard InChI is InChI=1S/C16H22N2O2S/c1-12-10-14(21-13(12)6-5-9-17)15(19)18(2)11-16(20)7-3-4-8-16/h10,20H,3-4,7-9,11,17H2,1-2H3. The Balaban J connectivity index is 2.08. The van der Waals surface area contributed by atoms with Crippen LogP contribution in [0.2, 0.25) is 0 Å². The fourth-order valence-corrected chi connectivity index (χ4v) is 3.78. The lowest BCUT2D eigenvalue weighted by Gasteiger charge is -2.28. The first-order valence-electron chi connectivity index (χ1n) is 7.22. The first-order valence-corrected chi connectivity index (χ1v) is 8.04. The molecular weight excluding hydrogens is 284 g/mol. The van der Waals surface area contributed by atoms with Gasteiger partial charge >= 0.3 is 0 Å². The monoisotopic (exact) mass is 306 g/mol. The molecule has 5 heteroatoms. The number of hydrogen-bond donors (Lipinski definition) is 2. The Bertz CT molecular complexity index is 577. The number of hydrogen-bond acceptors (Lipinski definition) is 4. The van der Waals surface area contributed by atoms with Crippen molar-refractivity contribution in [3.05, 3.63) is 21.4 Å². The van der Waals surface area contributed by atoms with Gasteiger partial charge in [0, 0.05) is 13.6 Å². The predicted octanol–water partition coefficient (Wildman–Crippen LogP) is 1.74. The molecule has 0 aromatic carbocycles. The van der Waals surface area contributed by atoms with Crippen molar-refractivity contribution in [2.24, 2.45) is 5.73 Å². The first kappa shape index (κ1) is 16.0. The highest BCUT2D eigenvalue weighted by molar-refractivity contribution is 7.14. The van der Waals surface area contributed by atoms with Crippen molar-refractivity contribution in [3.8, 4) is 11.8 Å². The van der Waals surface area contributed by atoms with E-state index < -0.39 is 5.60 Å². The molecule has 4 nitrogen and oxygen atoms in total. The van der Waals surface area contributed by atoms with Gasteiger partial charge in [-0.15, -0.1) is 11.3 Å². The summed E-state index contributed by atoms with van der Waals surface area (Å²) in [5.41, 5.74) is 5.66. The smallest absolute Gasteiger partial charge is 0.263 e. The molecule has 1 amide bonds. The van der Waals surface area contributed by atoms with Crippen LogP contribution in [0, 0.1) is 18.8 Å². The number of nitrogens with two attached hydrogens (primary N) is 1. The Morgan fingerprint density at radius 1 is 1.52 bits per heavy atom. The first-order chi connectivity index (χ1) is 9.95. The number of likely N-dealkylation sites (N-methyl/N-ethyl adjacent to an activating group) is 1. The summed E-state index contributed by atoms with van der Waals surface area (Å²) in [7, 11) is 1.75. The second-order valence-electron chi connectivity index (χ2n) is 5.72. The third-order valence-corrected chi connectivity index (χ3v) is 4.99. The maximum absolute atomic E-state index is 12.5. The summed E-state index contributed by atoms with van der Waals surface area (Å²) in [5.74, 6) is 5.75. The predicted molar refractivity (Wildman–Crippen MR) is 85.4 cm³/mol. The Hall–Kier alpha value is -1.35. The topological polar surface area (TPSA) is 66.6 Å².